The van der Waals surface area contributed by atoms with E-state index in [-0.39, 0.29) is 11.5 Å². The summed E-state index contributed by atoms with van der Waals surface area (Å²) < 4.78 is 9.29. The number of nitrogens with zero attached hydrogens (tertiary/aromatic N) is 1. The van der Waals surface area contributed by atoms with Crippen molar-refractivity contribution in [3.05, 3.63) is 83.4 Å². The number of ether oxygens (including phenoxy) is 2. The number of aromatic amines is 1. The fourth-order valence-corrected chi connectivity index (χ4v) is 3.73. The minimum Gasteiger partial charge on any atom is -0.465 e. The number of nitrogens with one attached hydrogen (secondary N) is 1. The first-order valence-corrected chi connectivity index (χ1v) is 10.2. The van der Waals surface area contributed by atoms with Crippen molar-refractivity contribution in [3.8, 4) is 0 Å². The van der Waals surface area contributed by atoms with E-state index in [0.29, 0.717) is 16.8 Å². The average molecular weight is 442 g/mol. The van der Waals surface area contributed by atoms with Gasteiger partial charge in [0.1, 0.15) is 5.57 Å². The van der Waals surface area contributed by atoms with E-state index in [4.69, 9.17) is 0 Å². The quantitative estimate of drug-likeness (QED) is 0.215. The number of hydrogen-bond donors (Lipinski definition) is 1. The molecule has 0 bridgehead atoms. The summed E-state index contributed by atoms with van der Waals surface area (Å²) in [4.78, 5) is 42.0. The smallest absolute Gasteiger partial charge is 0.345 e. The third-order valence-corrected chi connectivity index (χ3v) is 5.48. The number of esters is 2. The van der Waals surface area contributed by atoms with Crippen LogP contribution < -0.4 is 4.90 Å². The molecule has 1 amide bonds. The molecule has 1 N–H and O–H groups in total. The summed E-state index contributed by atoms with van der Waals surface area (Å²) in [5, 5.41) is 2.05. The number of H-pyrrole nitrogens is 1. The van der Waals surface area contributed by atoms with Gasteiger partial charge in [-0.25, -0.2) is 9.59 Å². The fraction of sp³-hybridized carbons (Fsp3) is 0.115. The number of amides is 1. The molecule has 0 saturated carbocycles. The molecule has 0 atom stereocenters. The van der Waals surface area contributed by atoms with E-state index in [2.05, 4.69) is 14.5 Å². The molecule has 0 fully saturated rings. The number of aromatic nitrogens is 1. The summed E-state index contributed by atoms with van der Waals surface area (Å²) in [6, 6.07) is 20.5. The second-order valence-electron chi connectivity index (χ2n) is 7.40. The van der Waals surface area contributed by atoms with Crippen molar-refractivity contribution in [2.45, 2.75) is 0 Å². The monoisotopic (exact) mass is 442 g/mol. The zero-order valence-electron chi connectivity index (χ0n) is 18.4. The molecule has 4 rings (SSSR count). The molecule has 7 nitrogen and oxygen atoms in total. The van der Waals surface area contributed by atoms with E-state index >= 15 is 0 Å². The first-order chi connectivity index (χ1) is 15.9. The number of anilines is 1. The van der Waals surface area contributed by atoms with Gasteiger partial charge >= 0.3 is 11.9 Å². The third-order valence-electron chi connectivity index (χ3n) is 5.48. The Hall–Kier alpha value is -4.39. The Morgan fingerprint density at radius 3 is 2.12 bits per heavy atom. The highest BCUT2D eigenvalue weighted by Gasteiger charge is 2.21. The Morgan fingerprint density at radius 1 is 0.818 bits per heavy atom. The summed E-state index contributed by atoms with van der Waals surface area (Å²) in [5.74, 6) is -1.74. The summed E-state index contributed by atoms with van der Waals surface area (Å²) in [5.41, 5.74) is 3.34. The maximum absolute atomic E-state index is 13.3. The molecule has 33 heavy (non-hydrogen) atoms. The third kappa shape index (κ3) is 4.08. The highest BCUT2D eigenvalue weighted by Crippen LogP contribution is 2.29. The van der Waals surface area contributed by atoms with Crippen LogP contribution in [-0.4, -0.2) is 44.1 Å². The van der Waals surface area contributed by atoms with Gasteiger partial charge < -0.3 is 19.4 Å². The predicted molar refractivity (Wildman–Crippen MR) is 127 cm³/mol. The van der Waals surface area contributed by atoms with Gasteiger partial charge in [0.15, 0.2) is 0 Å². The molecule has 0 aliphatic rings. The van der Waals surface area contributed by atoms with Crippen LogP contribution in [0.1, 0.15) is 15.9 Å². The molecule has 0 aliphatic carbocycles. The number of methoxy groups -OCH3 is 2. The van der Waals surface area contributed by atoms with Crippen molar-refractivity contribution >= 4 is 51.4 Å². The normalized spacial score (nSPS) is 10.6. The van der Waals surface area contributed by atoms with E-state index < -0.39 is 11.9 Å². The average Bonchev–Trinajstić information content (AvgIpc) is 3.24. The van der Waals surface area contributed by atoms with Gasteiger partial charge in [-0.15, -0.1) is 0 Å². The molecule has 0 spiro atoms. The van der Waals surface area contributed by atoms with Crippen molar-refractivity contribution in [1.82, 2.24) is 4.98 Å². The van der Waals surface area contributed by atoms with Gasteiger partial charge in [-0.1, -0.05) is 42.5 Å². The number of benzene rings is 3. The van der Waals surface area contributed by atoms with Crippen LogP contribution in [0.15, 0.2) is 72.3 Å². The molecule has 0 radical (unpaired) electrons. The number of rotatable bonds is 5. The Morgan fingerprint density at radius 2 is 1.45 bits per heavy atom. The van der Waals surface area contributed by atoms with Crippen molar-refractivity contribution in [3.63, 3.8) is 0 Å². The van der Waals surface area contributed by atoms with E-state index in [1.165, 1.54) is 20.3 Å². The predicted octanol–water partition coefficient (Wildman–Crippen LogP) is 4.33. The van der Waals surface area contributed by atoms with E-state index in [1.807, 2.05) is 36.4 Å². The Kier molecular flexibility index (Phi) is 5.95. The summed E-state index contributed by atoms with van der Waals surface area (Å²) in [6.45, 7) is 0. The van der Waals surface area contributed by atoms with E-state index in [1.54, 1.807) is 42.3 Å². The van der Waals surface area contributed by atoms with Gasteiger partial charge in [0.25, 0.3) is 5.91 Å². The second-order valence-corrected chi connectivity index (χ2v) is 7.40. The molecular weight excluding hydrogens is 420 g/mol. The van der Waals surface area contributed by atoms with Crippen molar-refractivity contribution in [2.75, 3.05) is 26.2 Å². The van der Waals surface area contributed by atoms with Crippen molar-refractivity contribution in [2.24, 2.45) is 0 Å². The van der Waals surface area contributed by atoms with Crippen LogP contribution in [0, 0.1) is 0 Å². The zero-order valence-corrected chi connectivity index (χ0v) is 18.4. The number of hydrogen-bond acceptors (Lipinski definition) is 5. The SMILES string of the molecule is COC(=O)C(=Cc1ccc(N(C)C(=O)c2cccc3c2[nH]c2ccccc23)cc1)C(=O)OC. The Bertz CT molecular complexity index is 1380. The van der Waals surface area contributed by atoms with Crippen LogP contribution >= 0.6 is 0 Å². The molecule has 1 heterocycles. The molecule has 3 aromatic carbocycles. The van der Waals surface area contributed by atoms with Gasteiger partial charge in [0, 0.05) is 29.0 Å². The number of carbonyl (C=O) groups excluding carboxylic acids is 3. The molecule has 0 unspecified atom stereocenters. The highest BCUT2D eigenvalue weighted by molar-refractivity contribution is 6.19. The number of carbonyl (C=O) groups is 3. The van der Waals surface area contributed by atoms with Crippen LogP contribution in [0.5, 0.6) is 0 Å². The van der Waals surface area contributed by atoms with Gasteiger partial charge in [0.2, 0.25) is 0 Å². The maximum atomic E-state index is 13.3. The van der Waals surface area contributed by atoms with Crippen LogP contribution in [0.2, 0.25) is 0 Å². The standard InChI is InChI=1S/C26H22N2O5/c1-28(17-13-11-16(12-14-17)15-21(25(30)32-2)26(31)33-3)24(29)20-9-6-8-19-18-7-4-5-10-22(18)27-23(19)20/h4-15,27H,1-3H3. The molecule has 4 aromatic rings. The molecule has 166 valence electrons. The van der Waals surface area contributed by atoms with Gasteiger partial charge in [-0.3, -0.25) is 4.79 Å². The van der Waals surface area contributed by atoms with Crippen LogP contribution in [0.3, 0.4) is 0 Å². The highest BCUT2D eigenvalue weighted by atomic mass is 16.5. The summed E-state index contributed by atoms with van der Waals surface area (Å²) in [6.07, 6.45) is 1.38. The van der Waals surface area contributed by atoms with Gasteiger partial charge in [-0.2, -0.15) is 0 Å². The van der Waals surface area contributed by atoms with Crippen molar-refractivity contribution < 1.29 is 23.9 Å². The molecule has 0 aliphatic heterocycles. The molecule has 1 aromatic heterocycles. The second kappa shape index (κ2) is 9.00. The maximum Gasteiger partial charge on any atom is 0.345 e. The number of fused-ring (bicyclic) bond motifs is 3. The number of para-hydroxylation sites is 2. The fourth-order valence-electron chi connectivity index (χ4n) is 3.73. The first-order valence-electron chi connectivity index (χ1n) is 10.2. The summed E-state index contributed by atoms with van der Waals surface area (Å²) in [7, 11) is 4.08. The lowest BCUT2D eigenvalue weighted by atomic mass is 10.1. The first kappa shape index (κ1) is 21.8. The molecule has 0 saturated heterocycles. The minimum atomic E-state index is -0.787. The Labute approximate surface area is 190 Å². The lowest BCUT2D eigenvalue weighted by molar-refractivity contribution is -0.143. The zero-order chi connectivity index (χ0) is 23.5. The van der Waals surface area contributed by atoms with Crippen molar-refractivity contribution in [1.29, 1.82) is 0 Å². The largest absolute Gasteiger partial charge is 0.465 e. The van der Waals surface area contributed by atoms with Gasteiger partial charge in [0.05, 0.1) is 25.3 Å². The molecular formula is C26H22N2O5. The van der Waals surface area contributed by atoms with Gasteiger partial charge in [-0.05, 0) is 35.9 Å². The van der Waals surface area contributed by atoms with Crippen LogP contribution in [0.4, 0.5) is 5.69 Å². The minimum absolute atomic E-state index is 0.166. The molecule has 7 heteroatoms. The lowest BCUT2D eigenvalue weighted by Crippen LogP contribution is -2.26. The lowest BCUT2D eigenvalue weighted by Gasteiger charge is -2.18. The van der Waals surface area contributed by atoms with E-state index in [9.17, 15) is 14.4 Å². The van der Waals surface area contributed by atoms with Crippen LogP contribution in [-0.2, 0) is 19.1 Å². The summed E-state index contributed by atoms with van der Waals surface area (Å²) >= 11 is 0. The van der Waals surface area contributed by atoms with Crippen LogP contribution in [0.25, 0.3) is 27.9 Å². The van der Waals surface area contributed by atoms with E-state index in [0.717, 1.165) is 21.8 Å². The Balaban J connectivity index is 1.64. The topological polar surface area (TPSA) is 88.7 Å².